The zero-order valence-electron chi connectivity index (χ0n) is 29.9. The van der Waals surface area contributed by atoms with Gasteiger partial charge in [0.15, 0.2) is 0 Å². The van der Waals surface area contributed by atoms with Crippen LogP contribution >= 0.6 is 11.6 Å². The van der Waals surface area contributed by atoms with Gasteiger partial charge in [0, 0.05) is 29.3 Å². The third-order valence-electron chi connectivity index (χ3n) is 9.85. The Morgan fingerprint density at radius 2 is 1.41 bits per heavy atom. The van der Waals surface area contributed by atoms with Gasteiger partial charge in [-0.3, -0.25) is 4.98 Å². The maximum Gasteiger partial charge on any atom is 0.258 e. The van der Waals surface area contributed by atoms with Crippen molar-refractivity contribution in [2.75, 3.05) is 6.54 Å². The lowest BCUT2D eigenvalue weighted by atomic mass is 9.97. The largest absolute Gasteiger partial charge is 0.542 e. The molecule has 0 aliphatic carbocycles. The number of ether oxygens (including phenoxy) is 1. The fourth-order valence-electron chi connectivity index (χ4n) is 7.48. The molecule has 5 aromatic rings. The molecule has 0 unspecified atom stereocenters. The second kappa shape index (κ2) is 16.3. The Kier molecular flexibility index (Phi) is 12.2. The molecular formula is C42H50ClFN2O2Si. The van der Waals surface area contributed by atoms with Crippen LogP contribution in [-0.2, 0) is 13.0 Å². The molecule has 1 N–H and O–H groups in total. The fraction of sp³-hybridized carbons (Fsp3) is 0.357. The number of nitrogens with one attached hydrogen (secondary N) is 1. The molecule has 0 spiro atoms. The maximum absolute atomic E-state index is 13.7. The predicted molar refractivity (Wildman–Crippen MR) is 205 cm³/mol. The normalized spacial score (nSPS) is 12.1. The average Bonchev–Trinajstić information content (AvgIpc) is 3.09. The Morgan fingerprint density at radius 1 is 0.796 bits per heavy atom. The summed E-state index contributed by atoms with van der Waals surface area (Å²) in [7, 11) is -2.33. The number of hydrogen-bond donors (Lipinski definition) is 1. The van der Waals surface area contributed by atoms with Gasteiger partial charge in [-0.25, -0.2) is 4.39 Å². The van der Waals surface area contributed by atoms with E-state index >= 15 is 0 Å². The molecule has 4 nitrogen and oxygen atoms in total. The summed E-state index contributed by atoms with van der Waals surface area (Å²) in [4.78, 5) is 4.97. The zero-order chi connectivity index (χ0) is 35.1. The topological polar surface area (TPSA) is 43.4 Å². The van der Waals surface area contributed by atoms with Crippen molar-refractivity contribution in [3.05, 3.63) is 136 Å². The molecule has 0 atom stereocenters. The molecule has 0 saturated carbocycles. The van der Waals surface area contributed by atoms with E-state index in [2.05, 4.69) is 108 Å². The van der Waals surface area contributed by atoms with E-state index < -0.39 is 14.1 Å². The van der Waals surface area contributed by atoms with Crippen LogP contribution in [0.25, 0.3) is 10.9 Å². The van der Waals surface area contributed by atoms with Crippen molar-refractivity contribution < 1.29 is 13.6 Å². The first kappa shape index (κ1) is 36.6. The number of aromatic nitrogens is 1. The van der Waals surface area contributed by atoms with Crippen LogP contribution in [-0.4, -0.2) is 19.8 Å². The van der Waals surface area contributed by atoms with E-state index in [-0.39, 0.29) is 11.1 Å². The van der Waals surface area contributed by atoms with E-state index in [0.717, 1.165) is 64.0 Å². The van der Waals surface area contributed by atoms with E-state index in [9.17, 15) is 4.39 Å². The van der Waals surface area contributed by atoms with Crippen molar-refractivity contribution in [1.29, 1.82) is 0 Å². The number of hydrogen-bond acceptors (Lipinski definition) is 4. The maximum atomic E-state index is 13.7. The first-order valence-electron chi connectivity index (χ1n) is 17.5. The third-order valence-corrected chi connectivity index (χ3v) is 16.1. The summed E-state index contributed by atoms with van der Waals surface area (Å²) in [6.45, 7) is 17.5. The van der Waals surface area contributed by atoms with Crippen LogP contribution < -0.4 is 14.5 Å². The smallest absolute Gasteiger partial charge is 0.258 e. The molecule has 1 aromatic heterocycles. The van der Waals surface area contributed by atoms with E-state index in [1.807, 2.05) is 24.4 Å². The van der Waals surface area contributed by atoms with Crippen molar-refractivity contribution in [2.24, 2.45) is 0 Å². The van der Waals surface area contributed by atoms with Gasteiger partial charge in [0.1, 0.15) is 28.9 Å². The van der Waals surface area contributed by atoms with Gasteiger partial charge in [-0.05, 0) is 83.9 Å². The lowest BCUT2D eigenvalue weighted by Crippen LogP contribution is -2.51. The number of rotatable bonds is 15. The molecule has 5 rings (SSSR count). The number of fused-ring (bicyclic) bond motifs is 1. The number of nitrogens with zero attached hydrogens (tertiary/aromatic N) is 1. The Balaban J connectivity index is 1.59. The second-order valence-corrected chi connectivity index (χ2v) is 19.7. The zero-order valence-corrected chi connectivity index (χ0v) is 31.7. The van der Waals surface area contributed by atoms with Gasteiger partial charge in [0.25, 0.3) is 8.32 Å². The Morgan fingerprint density at radius 3 is 1.98 bits per heavy atom. The van der Waals surface area contributed by atoms with Crippen LogP contribution in [0, 0.1) is 12.7 Å². The van der Waals surface area contributed by atoms with Crippen molar-refractivity contribution in [3.8, 4) is 11.5 Å². The van der Waals surface area contributed by atoms with Gasteiger partial charge in [0.2, 0.25) is 0 Å². The molecule has 0 saturated heterocycles. The first-order valence-corrected chi connectivity index (χ1v) is 20.1. The Labute approximate surface area is 298 Å². The molecule has 0 aliphatic heterocycles. The standard InChI is InChI=1S/C42H50ClFN2O2Si/c1-28(2)49(29(3)4,30(5)6)48-42-35(20-14-24-45-27-32-22-23-38(44)37(43)26-32)31(7)40(39-36(42)21-15-25-46-39)47-41(33-16-10-8-11-17-33)34-18-12-9-13-19-34/h8-13,15-19,21-23,25-26,28-30,41,45H,14,20,24,27H2,1-7H3. The van der Waals surface area contributed by atoms with Crippen LogP contribution in [0.3, 0.4) is 0 Å². The van der Waals surface area contributed by atoms with Crippen molar-refractivity contribution >= 4 is 30.8 Å². The lowest BCUT2D eigenvalue weighted by Gasteiger charge is -2.43. The van der Waals surface area contributed by atoms with Gasteiger partial charge in [-0.15, -0.1) is 0 Å². The SMILES string of the molecule is Cc1c(CCCNCc2ccc(F)c(Cl)c2)c(O[Si](C(C)C)(C(C)C)C(C)C)c2cccnc2c1OC(c1ccccc1)c1ccccc1. The Hall–Kier alpha value is -3.71. The molecule has 7 heteroatoms. The molecular weight excluding hydrogens is 647 g/mol. The van der Waals surface area contributed by atoms with E-state index in [4.69, 9.17) is 25.7 Å². The van der Waals surface area contributed by atoms with Gasteiger partial charge in [-0.1, -0.05) is 120 Å². The number of halogens is 2. The lowest BCUT2D eigenvalue weighted by molar-refractivity contribution is 0.248. The Bertz CT molecular complexity index is 1770. The van der Waals surface area contributed by atoms with Crippen LogP contribution in [0.1, 0.15) is 81.9 Å². The average molecular weight is 697 g/mol. The summed E-state index contributed by atoms with van der Waals surface area (Å²) in [5, 5.41) is 4.67. The summed E-state index contributed by atoms with van der Waals surface area (Å²) in [5.41, 5.74) is 7.39. The van der Waals surface area contributed by atoms with E-state index in [1.54, 1.807) is 12.1 Å². The van der Waals surface area contributed by atoms with Crippen molar-refractivity contribution in [3.63, 3.8) is 0 Å². The number of pyridine rings is 1. The molecule has 0 fully saturated rings. The molecule has 258 valence electrons. The highest BCUT2D eigenvalue weighted by molar-refractivity contribution is 6.78. The molecule has 1 heterocycles. The summed E-state index contributed by atoms with van der Waals surface area (Å²) >= 11 is 6.03. The van der Waals surface area contributed by atoms with Crippen LogP contribution in [0.5, 0.6) is 11.5 Å². The monoisotopic (exact) mass is 696 g/mol. The fourth-order valence-corrected chi connectivity index (χ4v) is 13.0. The minimum Gasteiger partial charge on any atom is -0.542 e. The number of benzene rings is 4. The summed E-state index contributed by atoms with van der Waals surface area (Å²) in [5.74, 6) is 1.34. The highest BCUT2D eigenvalue weighted by Crippen LogP contribution is 2.48. The van der Waals surface area contributed by atoms with Gasteiger partial charge < -0.3 is 14.5 Å². The third kappa shape index (κ3) is 8.03. The van der Waals surface area contributed by atoms with Gasteiger partial charge in [0.05, 0.1) is 5.02 Å². The minimum atomic E-state index is -2.33. The van der Waals surface area contributed by atoms with Gasteiger partial charge >= 0.3 is 0 Å². The molecule has 0 amide bonds. The molecule has 49 heavy (non-hydrogen) atoms. The highest BCUT2D eigenvalue weighted by Gasteiger charge is 2.47. The summed E-state index contributed by atoms with van der Waals surface area (Å²) in [6.07, 6.45) is 3.20. The van der Waals surface area contributed by atoms with E-state index in [0.29, 0.717) is 23.2 Å². The molecule has 0 radical (unpaired) electrons. The molecule has 0 aliphatic rings. The molecule has 0 bridgehead atoms. The van der Waals surface area contributed by atoms with Crippen molar-refractivity contribution in [2.45, 2.75) is 90.6 Å². The van der Waals surface area contributed by atoms with Crippen LogP contribution in [0.4, 0.5) is 4.39 Å². The quantitative estimate of drug-likeness (QED) is 0.0874. The summed E-state index contributed by atoms with van der Waals surface area (Å²) in [6, 6.07) is 29.8. The first-order chi connectivity index (χ1) is 23.5. The highest BCUT2D eigenvalue weighted by atomic mass is 35.5. The minimum absolute atomic E-state index is 0.145. The van der Waals surface area contributed by atoms with Crippen LogP contribution in [0.2, 0.25) is 21.6 Å². The predicted octanol–water partition coefficient (Wildman–Crippen LogP) is 11.8. The molecule has 4 aromatic carbocycles. The van der Waals surface area contributed by atoms with Crippen LogP contribution in [0.15, 0.2) is 97.2 Å². The van der Waals surface area contributed by atoms with Gasteiger partial charge in [-0.2, -0.15) is 0 Å². The van der Waals surface area contributed by atoms with Crippen molar-refractivity contribution in [1.82, 2.24) is 10.3 Å². The summed E-state index contributed by atoms with van der Waals surface area (Å²) < 4.78 is 28.4. The van der Waals surface area contributed by atoms with E-state index in [1.165, 1.54) is 11.6 Å². The second-order valence-electron chi connectivity index (χ2n) is 13.9.